The molecule has 0 amide bonds. The summed E-state index contributed by atoms with van der Waals surface area (Å²) in [6, 6.07) is 8.61. The largest absolute Gasteiger partial charge is 0.451 e. The lowest BCUT2D eigenvalue weighted by Crippen LogP contribution is -2.65. The number of rotatable bonds is 2. The van der Waals surface area contributed by atoms with E-state index in [9.17, 15) is 19.8 Å². The lowest BCUT2D eigenvalue weighted by atomic mass is 9.59. The maximum atomic E-state index is 14.2. The van der Waals surface area contributed by atoms with Crippen molar-refractivity contribution in [2.24, 2.45) is 34.5 Å². The predicted octanol–water partition coefficient (Wildman–Crippen LogP) is 3.71. The van der Waals surface area contributed by atoms with Gasteiger partial charge in [0.25, 0.3) is 0 Å². The number of carbonyl (C=O) groups excluding carboxylic acids is 2. The molecule has 1 aromatic rings. The molecule has 5 nitrogen and oxygen atoms in total. The van der Waals surface area contributed by atoms with E-state index in [1.807, 2.05) is 19.1 Å². The summed E-state index contributed by atoms with van der Waals surface area (Å²) >= 11 is 0. The third-order valence-electron chi connectivity index (χ3n) is 9.08. The fourth-order valence-corrected chi connectivity index (χ4v) is 7.32. The Bertz CT molecular complexity index is 1050. The van der Waals surface area contributed by atoms with Crippen LogP contribution in [0.4, 0.5) is 0 Å². The van der Waals surface area contributed by atoms with Crippen LogP contribution in [0, 0.1) is 34.5 Å². The summed E-state index contributed by atoms with van der Waals surface area (Å²) in [6.45, 7) is 9.95. The third kappa shape index (κ3) is 2.47. The molecule has 32 heavy (non-hydrogen) atoms. The Hall–Kier alpha value is -2.24. The van der Waals surface area contributed by atoms with Gasteiger partial charge in [0.15, 0.2) is 17.5 Å². The molecule has 0 aromatic heterocycles. The Kier molecular flexibility index (Phi) is 4.48. The number of aliphatic hydroxyl groups is 2. The van der Waals surface area contributed by atoms with Crippen molar-refractivity contribution in [3.05, 3.63) is 59.2 Å². The van der Waals surface area contributed by atoms with Crippen LogP contribution in [-0.4, -0.2) is 39.8 Å². The monoisotopic (exact) mass is 436 g/mol. The molecule has 2 fully saturated rings. The number of allylic oxidation sites excluding steroid dienone is 1. The van der Waals surface area contributed by atoms with Crippen LogP contribution in [0.1, 0.15) is 51.4 Å². The SMILES string of the molecule is CC1=C[C@@H]2C(=O)[C@]3(C=C(C)[C@H](O)[C@@]3(O)[C@@H]1OC(=O)c1ccccc1)[C@H](C)C[C@@H]1[C@H]2C1(C)C. The first kappa shape index (κ1) is 21.6. The van der Waals surface area contributed by atoms with Gasteiger partial charge in [-0.25, -0.2) is 4.79 Å². The van der Waals surface area contributed by atoms with E-state index < -0.39 is 29.2 Å². The van der Waals surface area contributed by atoms with Gasteiger partial charge < -0.3 is 14.9 Å². The third-order valence-corrected chi connectivity index (χ3v) is 9.08. The zero-order valence-corrected chi connectivity index (χ0v) is 19.3. The van der Waals surface area contributed by atoms with Crippen molar-refractivity contribution >= 4 is 11.8 Å². The highest BCUT2D eigenvalue weighted by atomic mass is 16.6. The number of hydrogen-bond acceptors (Lipinski definition) is 5. The second-order valence-electron chi connectivity index (χ2n) is 11.0. The maximum Gasteiger partial charge on any atom is 0.338 e. The zero-order valence-electron chi connectivity index (χ0n) is 19.3. The number of Topliss-reactive ketones (excluding diaryl/α,β-unsaturated/α-hetero) is 1. The molecule has 8 atom stereocenters. The Balaban J connectivity index is 1.68. The molecular weight excluding hydrogens is 404 g/mol. The molecule has 0 aliphatic heterocycles. The van der Waals surface area contributed by atoms with Crippen molar-refractivity contribution < 1.29 is 24.5 Å². The average Bonchev–Trinajstić information content (AvgIpc) is 3.26. The minimum Gasteiger partial charge on any atom is -0.451 e. The van der Waals surface area contributed by atoms with E-state index in [0.29, 0.717) is 22.6 Å². The minimum absolute atomic E-state index is 0.0433. The van der Waals surface area contributed by atoms with Crippen molar-refractivity contribution in [1.29, 1.82) is 0 Å². The van der Waals surface area contributed by atoms with Crippen molar-refractivity contribution in [3.63, 3.8) is 0 Å². The second kappa shape index (κ2) is 6.64. The lowest BCUT2D eigenvalue weighted by molar-refractivity contribution is -0.189. The Morgan fingerprint density at radius 1 is 1.12 bits per heavy atom. The van der Waals surface area contributed by atoms with Crippen molar-refractivity contribution in [1.82, 2.24) is 0 Å². The van der Waals surface area contributed by atoms with Gasteiger partial charge in [-0.1, -0.05) is 51.1 Å². The minimum atomic E-state index is -1.95. The highest BCUT2D eigenvalue weighted by Crippen LogP contribution is 2.71. The molecule has 170 valence electrons. The normalized spacial score (nSPS) is 43.8. The van der Waals surface area contributed by atoms with Gasteiger partial charge >= 0.3 is 5.97 Å². The first-order chi connectivity index (χ1) is 15.0. The molecule has 5 rings (SSSR count). The summed E-state index contributed by atoms with van der Waals surface area (Å²) in [7, 11) is 0. The molecule has 1 aromatic carbocycles. The molecule has 5 heteroatoms. The number of benzene rings is 1. The molecule has 4 aliphatic carbocycles. The van der Waals surface area contributed by atoms with Crippen LogP contribution in [0.5, 0.6) is 0 Å². The van der Waals surface area contributed by atoms with Gasteiger partial charge in [0.05, 0.1) is 11.0 Å². The summed E-state index contributed by atoms with van der Waals surface area (Å²) < 4.78 is 5.94. The van der Waals surface area contributed by atoms with Crippen LogP contribution < -0.4 is 0 Å². The van der Waals surface area contributed by atoms with Crippen LogP contribution in [0.25, 0.3) is 0 Å². The number of aliphatic hydroxyl groups excluding tert-OH is 1. The van der Waals surface area contributed by atoms with Gasteiger partial charge in [0, 0.05) is 5.92 Å². The standard InChI is InChI=1S/C27H32O5/c1-14-11-18-20-19(25(20,4)5)12-16(3)26(22(18)29)13-15(2)21(28)27(26,31)23(14)32-24(30)17-9-7-6-8-10-17/h6-11,13,16,18-21,23,28,31H,12H2,1-5H3/t16-,18+,19-,20+,21+,23-,26+,27-/m1/s1. The molecular formula is C27H32O5. The van der Waals surface area contributed by atoms with E-state index in [0.717, 1.165) is 6.42 Å². The van der Waals surface area contributed by atoms with Gasteiger partial charge in [-0.3, -0.25) is 4.79 Å². The van der Waals surface area contributed by atoms with E-state index in [1.165, 1.54) is 0 Å². The van der Waals surface area contributed by atoms with Gasteiger partial charge in [0.2, 0.25) is 0 Å². The summed E-state index contributed by atoms with van der Waals surface area (Å²) in [4.78, 5) is 27.3. The van der Waals surface area contributed by atoms with E-state index >= 15 is 0 Å². The van der Waals surface area contributed by atoms with Gasteiger partial charge in [-0.2, -0.15) is 0 Å². The lowest BCUT2D eigenvalue weighted by Gasteiger charge is -2.49. The van der Waals surface area contributed by atoms with Crippen LogP contribution in [0.3, 0.4) is 0 Å². The van der Waals surface area contributed by atoms with E-state index in [2.05, 4.69) is 13.8 Å². The Morgan fingerprint density at radius 3 is 2.44 bits per heavy atom. The van der Waals surface area contributed by atoms with Gasteiger partial charge in [0.1, 0.15) is 6.10 Å². The van der Waals surface area contributed by atoms with E-state index in [4.69, 9.17) is 4.74 Å². The molecule has 0 unspecified atom stereocenters. The fourth-order valence-electron chi connectivity index (χ4n) is 7.32. The maximum absolute atomic E-state index is 14.2. The van der Waals surface area contributed by atoms with Crippen LogP contribution >= 0.6 is 0 Å². The second-order valence-corrected chi connectivity index (χ2v) is 11.0. The van der Waals surface area contributed by atoms with Gasteiger partial charge in [-0.15, -0.1) is 0 Å². The summed E-state index contributed by atoms with van der Waals surface area (Å²) in [5, 5.41) is 23.6. The summed E-state index contributed by atoms with van der Waals surface area (Å²) in [5.41, 5.74) is -1.68. The number of ether oxygens (including phenoxy) is 1. The van der Waals surface area contributed by atoms with Crippen LogP contribution in [0.15, 0.2) is 53.6 Å². The molecule has 0 saturated heterocycles. The Labute approximate surface area is 189 Å². The molecule has 4 aliphatic rings. The molecule has 2 saturated carbocycles. The van der Waals surface area contributed by atoms with Crippen LogP contribution in [0.2, 0.25) is 0 Å². The van der Waals surface area contributed by atoms with E-state index in [-0.39, 0.29) is 29.0 Å². The van der Waals surface area contributed by atoms with E-state index in [1.54, 1.807) is 44.2 Å². The number of hydrogen-bond donors (Lipinski definition) is 2. The van der Waals surface area contributed by atoms with Crippen molar-refractivity contribution in [2.75, 3.05) is 0 Å². The van der Waals surface area contributed by atoms with Crippen molar-refractivity contribution in [2.45, 2.75) is 58.8 Å². The summed E-state index contributed by atoms with van der Waals surface area (Å²) in [6.07, 6.45) is 2.04. The molecule has 0 heterocycles. The van der Waals surface area contributed by atoms with Crippen molar-refractivity contribution in [3.8, 4) is 0 Å². The molecule has 1 spiro atoms. The quantitative estimate of drug-likeness (QED) is 0.546. The number of fused-ring (bicyclic) bond motifs is 3. The fraction of sp³-hybridized carbons (Fsp3) is 0.556. The topological polar surface area (TPSA) is 83.8 Å². The average molecular weight is 437 g/mol. The highest BCUT2D eigenvalue weighted by Gasteiger charge is 2.76. The Morgan fingerprint density at radius 2 is 1.78 bits per heavy atom. The molecule has 0 radical (unpaired) electrons. The predicted molar refractivity (Wildman–Crippen MR) is 120 cm³/mol. The number of esters is 1. The zero-order chi connectivity index (χ0) is 23.2. The number of carbonyl (C=O) groups is 2. The smallest absolute Gasteiger partial charge is 0.338 e. The molecule has 2 N–H and O–H groups in total. The van der Waals surface area contributed by atoms with Gasteiger partial charge in [-0.05, 0) is 66.7 Å². The molecule has 2 bridgehead atoms. The highest BCUT2D eigenvalue weighted by molar-refractivity contribution is 5.96. The first-order valence-corrected chi connectivity index (χ1v) is 11.6. The first-order valence-electron chi connectivity index (χ1n) is 11.6. The summed E-state index contributed by atoms with van der Waals surface area (Å²) in [5.74, 6) is -0.647. The number of ketones is 1. The van der Waals surface area contributed by atoms with Crippen LogP contribution in [-0.2, 0) is 9.53 Å².